The molecule has 0 bridgehead atoms. The Kier molecular flexibility index (Phi) is 6.68. The molecule has 28 heavy (non-hydrogen) atoms. The summed E-state index contributed by atoms with van der Waals surface area (Å²) in [5, 5.41) is 12.4. The minimum Gasteiger partial charge on any atom is -0.221 e. The van der Waals surface area contributed by atoms with E-state index in [1.165, 1.54) is 16.7 Å². The Labute approximate surface area is 166 Å². The number of benzene rings is 3. The van der Waals surface area contributed by atoms with Crippen molar-refractivity contribution >= 4 is 0 Å². The standard InChI is InChI=1S/C22H20N4.C2H6/c1-2-17-12-14-19(15-13-17)20-10-6-7-11-21(20)22-23-24-25-26(22)16-18-8-4-3-5-9-18;1-2/h3-15H,2,16H2,1H3;1-2H3. The summed E-state index contributed by atoms with van der Waals surface area (Å²) in [5.41, 5.74) is 5.86. The van der Waals surface area contributed by atoms with Gasteiger partial charge in [0.25, 0.3) is 0 Å². The van der Waals surface area contributed by atoms with Gasteiger partial charge in [-0.05, 0) is 39.1 Å². The van der Waals surface area contributed by atoms with E-state index in [0.29, 0.717) is 6.54 Å². The van der Waals surface area contributed by atoms with Gasteiger partial charge in [-0.15, -0.1) is 5.10 Å². The highest BCUT2D eigenvalue weighted by Gasteiger charge is 2.14. The minimum absolute atomic E-state index is 0.645. The van der Waals surface area contributed by atoms with Crippen molar-refractivity contribution in [1.29, 1.82) is 0 Å². The summed E-state index contributed by atoms with van der Waals surface area (Å²) in [6.45, 7) is 6.81. The fraction of sp³-hybridized carbons (Fsp3) is 0.208. The van der Waals surface area contributed by atoms with Crippen LogP contribution in [0.15, 0.2) is 78.9 Å². The molecule has 0 aliphatic rings. The normalized spacial score (nSPS) is 10.2. The molecular formula is C24H26N4. The smallest absolute Gasteiger partial charge is 0.182 e. The van der Waals surface area contributed by atoms with Crippen LogP contribution in [0.1, 0.15) is 31.9 Å². The first-order chi connectivity index (χ1) is 13.8. The number of tetrazole rings is 1. The molecule has 0 amide bonds. The van der Waals surface area contributed by atoms with E-state index in [4.69, 9.17) is 0 Å². The van der Waals surface area contributed by atoms with Crippen molar-refractivity contribution in [3.8, 4) is 22.5 Å². The van der Waals surface area contributed by atoms with E-state index in [0.717, 1.165) is 23.4 Å². The zero-order valence-corrected chi connectivity index (χ0v) is 16.7. The van der Waals surface area contributed by atoms with E-state index < -0.39 is 0 Å². The van der Waals surface area contributed by atoms with Crippen molar-refractivity contribution in [3.05, 3.63) is 90.0 Å². The highest BCUT2D eigenvalue weighted by molar-refractivity contribution is 5.80. The summed E-state index contributed by atoms with van der Waals surface area (Å²) in [5.74, 6) is 0.782. The highest BCUT2D eigenvalue weighted by Crippen LogP contribution is 2.31. The van der Waals surface area contributed by atoms with Crippen LogP contribution in [-0.2, 0) is 13.0 Å². The zero-order chi connectivity index (χ0) is 19.8. The van der Waals surface area contributed by atoms with Gasteiger partial charge in [0.15, 0.2) is 5.82 Å². The van der Waals surface area contributed by atoms with Gasteiger partial charge in [-0.1, -0.05) is 99.6 Å². The van der Waals surface area contributed by atoms with Gasteiger partial charge in [0.1, 0.15) is 0 Å². The molecule has 142 valence electrons. The predicted octanol–water partition coefficient (Wildman–Crippen LogP) is 5.64. The maximum absolute atomic E-state index is 4.30. The Balaban J connectivity index is 0.00000109. The van der Waals surface area contributed by atoms with Gasteiger partial charge in [-0.2, -0.15) is 0 Å². The third-order valence-corrected chi connectivity index (χ3v) is 4.55. The number of hydrogen-bond acceptors (Lipinski definition) is 3. The summed E-state index contributed by atoms with van der Waals surface area (Å²) in [6, 6.07) is 27.2. The van der Waals surface area contributed by atoms with Crippen molar-refractivity contribution in [2.45, 2.75) is 33.7 Å². The molecule has 0 aliphatic carbocycles. The molecule has 3 aromatic carbocycles. The average molecular weight is 371 g/mol. The topological polar surface area (TPSA) is 43.6 Å². The van der Waals surface area contributed by atoms with E-state index in [9.17, 15) is 0 Å². The van der Waals surface area contributed by atoms with Gasteiger partial charge in [0.05, 0.1) is 6.54 Å². The summed E-state index contributed by atoms with van der Waals surface area (Å²) in [4.78, 5) is 0. The lowest BCUT2D eigenvalue weighted by molar-refractivity contribution is 0.653. The molecule has 1 heterocycles. The second kappa shape index (κ2) is 9.60. The van der Waals surface area contributed by atoms with E-state index >= 15 is 0 Å². The Morgan fingerprint density at radius 2 is 1.36 bits per heavy atom. The molecule has 4 nitrogen and oxygen atoms in total. The molecule has 0 unspecified atom stereocenters. The molecule has 4 rings (SSSR count). The summed E-state index contributed by atoms with van der Waals surface area (Å²) >= 11 is 0. The van der Waals surface area contributed by atoms with Gasteiger partial charge in [0.2, 0.25) is 0 Å². The molecule has 0 aliphatic heterocycles. The molecule has 0 saturated heterocycles. The van der Waals surface area contributed by atoms with Gasteiger partial charge in [-0.25, -0.2) is 4.68 Å². The number of hydrogen-bond donors (Lipinski definition) is 0. The molecule has 0 spiro atoms. The zero-order valence-electron chi connectivity index (χ0n) is 16.7. The van der Waals surface area contributed by atoms with Crippen LogP contribution in [-0.4, -0.2) is 20.2 Å². The molecule has 0 N–H and O–H groups in total. The first-order valence-corrected chi connectivity index (χ1v) is 9.84. The largest absolute Gasteiger partial charge is 0.221 e. The minimum atomic E-state index is 0.645. The van der Waals surface area contributed by atoms with Crippen LogP contribution >= 0.6 is 0 Å². The number of aromatic nitrogens is 4. The number of aryl methyl sites for hydroxylation is 1. The van der Waals surface area contributed by atoms with E-state index in [1.54, 1.807) is 0 Å². The average Bonchev–Trinajstić information content (AvgIpc) is 3.24. The van der Waals surface area contributed by atoms with Gasteiger partial charge in [0, 0.05) is 5.56 Å². The second-order valence-corrected chi connectivity index (χ2v) is 6.24. The van der Waals surface area contributed by atoms with Gasteiger partial charge in [-0.3, -0.25) is 0 Å². The van der Waals surface area contributed by atoms with Crippen LogP contribution in [0.2, 0.25) is 0 Å². The van der Waals surface area contributed by atoms with Crippen LogP contribution in [0.25, 0.3) is 22.5 Å². The molecular weight excluding hydrogens is 344 g/mol. The Hall–Kier alpha value is -3.27. The summed E-state index contributed by atoms with van der Waals surface area (Å²) in [7, 11) is 0. The van der Waals surface area contributed by atoms with Crippen LogP contribution in [0, 0.1) is 0 Å². The Morgan fingerprint density at radius 3 is 2.04 bits per heavy atom. The lowest BCUT2D eigenvalue weighted by atomic mass is 9.98. The van der Waals surface area contributed by atoms with E-state index in [1.807, 2.05) is 42.8 Å². The fourth-order valence-corrected chi connectivity index (χ4v) is 3.11. The van der Waals surface area contributed by atoms with E-state index in [-0.39, 0.29) is 0 Å². The van der Waals surface area contributed by atoms with Crippen molar-refractivity contribution in [3.63, 3.8) is 0 Å². The predicted molar refractivity (Wildman–Crippen MR) is 115 cm³/mol. The molecule has 4 heteroatoms. The maximum Gasteiger partial charge on any atom is 0.182 e. The lowest BCUT2D eigenvalue weighted by Crippen LogP contribution is -2.05. The first-order valence-electron chi connectivity index (χ1n) is 9.84. The van der Waals surface area contributed by atoms with Crippen LogP contribution in [0.5, 0.6) is 0 Å². The Bertz CT molecular complexity index is 989. The fourth-order valence-electron chi connectivity index (χ4n) is 3.11. The van der Waals surface area contributed by atoms with E-state index in [2.05, 4.69) is 77.0 Å². The summed E-state index contributed by atoms with van der Waals surface area (Å²) < 4.78 is 1.86. The van der Waals surface area contributed by atoms with Gasteiger partial charge < -0.3 is 0 Å². The SMILES string of the molecule is CC.CCc1ccc(-c2ccccc2-c2nnnn2Cc2ccccc2)cc1. The van der Waals surface area contributed by atoms with Crippen LogP contribution in [0.4, 0.5) is 0 Å². The van der Waals surface area contributed by atoms with Gasteiger partial charge >= 0.3 is 0 Å². The molecule has 0 radical (unpaired) electrons. The van der Waals surface area contributed by atoms with Crippen molar-refractivity contribution < 1.29 is 0 Å². The quantitative estimate of drug-likeness (QED) is 0.456. The molecule has 0 fully saturated rings. The number of nitrogens with zero attached hydrogens (tertiary/aromatic N) is 4. The van der Waals surface area contributed by atoms with Crippen molar-refractivity contribution in [2.24, 2.45) is 0 Å². The van der Waals surface area contributed by atoms with Crippen LogP contribution < -0.4 is 0 Å². The second-order valence-electron chi connectivity index (χ2n) is 6.24. The molecule has 0 saturated carbocycles. The van der Waals surface area contributed by atoms with Crippen LogP contribution in [0.3, 0.4) is 0 Å². The Morgan fingerprint density at radius 1 is 0.714 bits per heavy atom. The highest BCUT2D eigenvalue weighted by atomic mass is 15.5. The summed E-state index contributed by atoms with van der Waals surface area (Å²) in [6.07, 6.45) is 1.04. The first kappa shape index (κ1) is 19.5. The third kappa shape index (κ3) is 4.34. The number of rotatable bonds is 5. The maximum atomic E-state index is 4.30. The monoisotopic (exact) mass is 370 g/mol. The van der Waals surface area contributed by atoms with Crippen molar-refractivity contribution in [2.75, 3.05) is 0 Å². The molecule has 4 aromatic rings. The van der Waals surface area contributed by atoms with Crippen molar-refractivity contribution in [1.82, 2.24) is 20.2 Å². The molecule has 0 atom stereocenters. The lowest BCUT2D eigenvalue weighted by Gasteiger charge is -2.11. The third-order valence-electron chi connectivity index (χ3n) is 4.55. The molecule has 1 aromatic heterocycles.